The van der Waals surface area contributed by atoms with Crippen molar-refractivity contribution in [1.82, 2.24) is 35.5 Å². The molecule has 318 valence electrons. The summed E-state index contributed by atoms with van der Waals surface area (Å²) in [5, 5.41) is 8.37. The molecule has 4 N–H and O–H groups in total. The molecule has 0 spiro atoms. The van der Waals surface area contributed by atoms with Crippen LogP contribution < -0.4 is 51.4 Å². The van der Waals surface area contributed by atoms with Gasteiger partial charge in [0.1, 0.15) is 0 Å². The molecule has 6 rings (SSSR count). The van der Waals surface area contributed by atoms with E-state index in [0.29, 0.717) is 54.6 Å². The van der Waals surface area contributed by atoms with Gasteiger partial charge in [-0.1, -0.05) is 0 Å². The number of hydrogen-bond acceptors (Lipinski definition) is 12. The van der Waals surface area contributed by atoms with Crippen LogP contribution in [-0.2, 0) is 33.9 Å². The Morgan fingerprint density at radius 3 is 2.48 bits per heavy atom. The standard InChI is InChI=1S/C39H53IN7O10S/c1-22-33(43-27-19-23(55-6)15-16-25(27)41-22)57-24-20-28-31(48)45-39(35(51)46-58(53,54)38(5)17-18-38)29(40-39)14-12-10-8-9-11-13-26(34(50)47(28)21-24)42-32(49)30(37(2,3)4)44-36(52)56-7/h12,14-16,19,24,26,28-30H,8-11,13,17-18,20-21H2,1-7H3,(H,42,49)(H,44,52)(H,45,48)(H,46,51)/q-1/b14-12-/t24-,26+,28+,29+,30-,39-/m1/s1. The first-order chi connectivity index (χ1) is 27.3. The van der Waals surface area contributed by atoms with Crippen LogP contribution in [-0.4, -0.2) is 110 Å². The topological polar surface area (TPSA) is 224 Å². The Balaban J connectivity index is 1.33. The molecule has 58 heavy (non-hydrogen) atoms. The van der Waals surface area contributed by atoms with Gasteiger partial charge < -0.3 is 9.47 Å². The number of ether oxygens (including phenoxy) is 3. The number of sulfonamides is 1. The van der Waals surface area contributed by atoms with E-state index in [0.717, 1.165) is 6.42 Å². The Kier molecular flexibility index (Phi) is 12.5. The van der Waals surface area contributed by atoms with E-state index in [9.17, 15) is 32.4 Å². The first kappa shape index (κ1) is 43.3. The Bertz CT molecular complexity index is 2110. The Morgan fingerprint density at radius 2 is 1.81 bits per heavy atom. The van der Waals surface area contributed by atoms with Crippen molar-refractivity contribution >= 4 is 50.8 Å². The summed E-state index contributed by atoms with van der Waals surface area (Å²) in [6.45, 7) is 8.55. The van der Waals surface area contributed by atoms with Gasteiger partial charge >= 0.3 is 316 Å². The Labute approximate surface area is 348 Å². The number of carbonyl (C=O) groups is 5. The molecule has 3 fully saturated rings. The molecule has 19 heteroatoms. The number of carbonyl (C=O) groups excluding carboxylic acids is 5. The van der Waals surface area contributed by atoms with E-state index < -0.39 is 98.9 Å². The number of nitrogens with zero attached hydrogens (tertiary/aromatic N) is 3. The summed E-state index contributed by atoms with van der Waals surface area (Å²) < 4.78 is 42.4. The zero-order chi connectivity index (χ0) is 42.2. The summed E-state index contributed by atoms with van der Waals surface area (Å²) in [5.74, 6) is -1.81. The van der Waals surface area contributed by atoms with Crippen molar-refractivity contribution in [3.8, 4) is 11.6 Å². The Morgan fingerprint density at radius 1 is 1.07 bits per heavy atom. The molecular formula is C39H53IN7O10S-. The monoisotopic (exact) mass is 938 g/mol. The van der Waals surface area contributed by atoms with Crippen LogP contribution in [0.4, 0.5) is 4.79 Å². The third kappa shape index (κ3) is 9.29. The molecule has 1 aliphatic carbocycles. The summed E-state index contributed by atoms with van der Waals surface area (Å²) in [7, 11) is -1.28. The predicted octanol–water partition coefficient (Wildman–Crippen LogP) is -0.647. The van der Waals surface area contributed by atoms with Crippen LogP contribution in [0.5, 0.6) is 11.6 Å². The van der Waals surface area contributed by atoms with Gasteiger partial charge in [0.15, 0.2) is 0 Å². The number of hydrogen-bond donors (Lipinski definition) is 4. The van der Waals surface area contributed by atoms with Crippen LogP contribution in [0.3, 0.4) is 0 Å². The van der Waals surface area contributed by atoms with E-state index in [4.69, 9.17) is 14.2 Å². The molecule has 6 atom stereocenters. The average molecular weight is 939 g/mol. The van der Waals surface area contributed by atoms with Gasteiger partial charge in [-0.2, -0.15) is 0 Å². The normalized spacial score (nSPS) is 27.1. The van der Waals surface area contributed by atoms with Gasteiger partial charge in [-0.05, 0) is 6.07 Å². The van der Waals surface area contributed by atoms with Gasteiger partial charge in [0.2, 0.25) is 0 Å². The third-order valence-corrected chi connectivity index (χ3v) is 17.0. The number of nitrogens with one attached hydrogen (secondary N) is 4. The van der Waals surface area contributed by atoms with Crippen LogP contribution >= 0.6 is 0 Å². The van der Waals surface area contributed by atoms with Crippen LogP contribution in [0, 0.1) is 12.3 Å². The maximum atomic E-state index is 14.8. The number of amides is 5. The number of methoxy groups -OCH3 is 2. The van der Waals surface area contributed by atoms with Gasteiger partial charge in [0.25, 0.3) is 0 Å². The number of fused-ring (bicyclic) bond motifs is 3. The summed E-state index contributed by atoms with van der Waals surface area (Å²) in [6, 6.07) is 1.93. The molecule has 5 amide bonds. The van der Waals surface area contributed by atoms with E-state index >= 15 is 0 Å². The quantitative estimate of drug-likeness (QED) is 0.107. The van der Waals surface area contributed by atoms with E-state index in [1.807, 2.05) is 12.2 Å². The molecule has 0 unspecified atom stereocenters. The first-order valence-corrected chi connectivity index (χ1v) is 23.3. The fourth-order valence-corrected chi connectivity index (χ4v) is 11.5. The molecule has 0 radical (unpaired) electrons. The molecule has 4 aliphatic rings. The number of rotatable bonds is 9. The molecule has 17 nitrogen and oxygen atoms in total. The van der Waals surface area contributed by atoms with Crippen molar-refractivity contribution in [3.05, 3.63) is 36.0 Å². The van der Waals surface area contributed by atoms with Crippen molar-refractivity contribution in [2.75, 3.05) is 20.8 Å². The minimum absolute atomic E-state index is 0.00306. The van der Waals surface area contributed by atoms with Gasteiger partial charge in [-0.3, -0.25) is 0 Å². The average Bonchev–Trinajstić information content (AvgIpc) is 4.05. The summed E-state index contributed by atoms with van der Waals surface area (Å²) in [5.41, 5.74) is 0.839. The van der Waals surface area contributed by atoms with Crippen LogP contribution in [0.25, 0.3) is 11.0 Å². The predicted molar refractivity (Wildman–Crippen MR) is 208 cm³/mol. The molecule has 1 aromatic carbocycles. The van der Waals surface area contributed by atoms with Gasteiger partial charge in [-0.25, -0.2) is 4.79 Å². The van der Waals surface area contributed by atoms with E-state index in [1.165, 1.54) is 12.0 Å². The second-order valence-electron chi connectivity index (χ2n) is 16.6. The van der Waals surface area contributed by atoms with E-state index in [-0.39, 0.29) is 29.2 Å². The van der Waals surface area contributed by atoms with Crippen LogP contribution in [0.2, 0.25) is 0 Å². The fourth-order valence-electron chi connectivity index (χ4n) is 7.12. The molecule has 0 bridgehead atoms. The number of aromatic nitrogens is 2. The van der Waals surface area contributed by atoms with Crippen molar-refractivity contribution < 1.29 is 67.8 Å². The van der Waals surface area contributed by atoms with Crippen molar-refractivity contribution in [2.45, 2.75) is 122 Å². The van der Waals surface area contributed by atoms with E-state index in [2.05, 4.69) is 30.6 Å². The summed E-state index contributed by atoms with van der Waals surface area (Å²) in [4.78, 5) is 80.1. The number of halogens is 1. The van der Waals surface area contributed by atoms with Crippen LogP contribution in [0.1, 0.15) is 84.8 Å². The fraction of sp³-hybridized carbons (Fsp3) is 0.615. The van der Waals surface area contributed by atoms with Gasteiger partial charge in [0.05, 0.1) is 14.2 Å². The number of alkyl carbamates (subject to hydrolysis) is 1. The molecule has 2 saturated heterocycles. The maximum absolute atomic E-state index is 14.8. The minimum atomic E-state index is -4.01. The van der Waals surface area contributed by atoms with E-state index in [1.54, 1.807) is 59.9 Å². The number of allylic oxidation sites excluding steroid dienone is 1. The number of alkyl halides is 2. The summed E-state index contributed by atoms with van der Waals surface area (Å²) >= 11 is -1.07. The molecule has 2 aromatic rings. The third-order valence-electron chi connectivity index (χ3n) is 11.1. The second kappa shape index (κ2) is 16.8. The molecule has 3 aliphatic heterocycles. The van der Waals surface area contributed by atoms with Gasteiger partial charge in [0, 0.05) is 0 Å². The summed E-state index contributed by atoms with van der Waals surface area (Å²) in [6.07, 6.45) is 6.06. The van der Waals surface area contributed by atoms with Crippen molar-refractivity contribution in [1.29, 1.82) is 0 Å². The van der Waals surface area contributed by atoms with Crippen molar-refractivity contribution in [3.63, 3.8) is 0 Å². The Hall–Kier alpha value is -4.27. The molecule has 4 heterocycles. The number of benzene rings is 1. The first-order valence-electron chi connectivity index (χ1n) is 19.5. The van der Waals surface area contributed by atoms with Crippen LogP contribution in [0.15, 0.2) is 30.4 Å². The zero-order valence-corrected chi connectivity index (χ0v) is 36.8. The molecule has 1 aromatic heterocycles. The number of aryl methyl sites for hydroxylation is 1. The SMILES string of the molecule is COC(=O)N[C@H](C(=O)N[C@H]1CCCCC/C=C\[C@@H]2[I-][C@@]2(C(=O)NS(=O)(=O)C2(C)CC2)NC(=O)[C@@H]2C[C@@H](Oc3nc4cc(OC)ccc4nc3C)CN2C1=O)C(C)(C)C. The molecule has 1 saturated carbocycles. The van der Waals surface area contributed by atoms with Crippen molar-refractivity contribution in [2.24, 2.45) is 5.41 Å². The second-order valence-corrected chi connectivity index (χ2v) is 22.5. The van der Waals surface area contributed by atoms with Gasteiger partial charge in [-0.15, -0.1) is 0 Å². The zero-order valence-electron chi connectivity index (χ0n) is 33.8. The molecular weight excluding hydrogens is 885 g/mol.